The molecule has 4 nitrogen and oxygen atoms in total. The number of nitrogens with one attached hydrogen (secondary N) is 1. The predicted octanol–water partition coefficient (Wildman–Crippen LogP) is 2.44. The van der Waals surface area contributed by atoms with E-state index in [1.165, 1.54) is 6.92 Å². The molecule has 0 aromatic heterocycles. The minimum Gasteiger partial charge on any atom is -0.480 e. The van der Waals surface area contributed by atoms with Crippen LogP contribution in [0.15, 0.2) is 18.2 Å². The Morgan fingerprint density at radius 2 is 1.95 bits per heavy atom. The van der Waals surface area contributed by atoms with Gasteiger partial charge >= 0.3 is 12.1 Å². The zero-order valence-corrected chi connectivity index (χ0v) is 10.3. The van der Waals surface area contributed by atoms with Crippen LogP contribution in [-0.2, 0) is 11.0 Å². The van der Waals surface area contributed by atoms with Gasteiger partial charge in [-0.1, -0.05) is 13.0 Å². The van der Waals surface area contributed by atoms with Gasteiger partial charge in [-0.25, -0.2) is 9.18 Å². The predicted molar refractivity (Wildman–Crippen MR) is 60.6 cm³/mol. The van der Waals surface area contributed by atoms with Crippen LogP contribution in [-0.4, -0.2) is 23.0 Å². The Bertz CT molecular complexity index is 528. The first-order valence-electron chi connectivity index (χ1n) is 5.57. The molecule has 2 N–H and O–H groups in total. The lowest BCUT2D eigenvalue weighted by Crippen LogP contribution is -2.40. The summed E-state index contributed by atoms with van der Waals surface area (Å²) in [5.41, 5.74) is -2.42. The molecular weight excluding hydrogens is 282 g/mol. The van der Waals surface area contributed by atoms with Crippen molar-refractivity contribution in [2.45, 2.75) is 25.6 Å². The maximum atomic E-state index is 13.6. The molecule has 0 saturated heterocycles. The molecule has 1 aromatic rings. The van der Waals surface area contributed by atoms with Crippen LogP contribution in [0.4, 0.5) is 17.6 Å². The van der Waals surface area contributed by atoms with E-state index in [2.05, 4.69) is 0 Å². The van der Waals surface area contributed by atoms with Gasteiger partial charge in [-0.15, -0.1) is 0 Å². The molecule has 1 atom stereocenters. The molecule has 0 radical (unpaired) electrons. The monoisotopic (exact) mass is 293 g/mol. The van der Waals surface area contributed by atoms with Crippen molar-refractivity contribution in [2.24, 2.45) is 0 Å². The van der Waals surface area contributed by atoms with Gasteiger partial charge in [0.15, 0.2) is 0 Å². The number of carbonyl (C=O) groups is 2. The third kappa shape index (κ3) is 3.46. The molecule has 110 valence electrons. The number of carboxylic acid groups (broad SMARTS) is 1. The van der Waals surface area contributed by atoms with E-state index in [-0.39, 0.29) is 6.42 Å². The molecule has 0 heterocycles. The van der Waals surface area contributed by atoms with Crippen molar-refractivity contribution in [1.82, 2.24) is 5.32 Å². The number of hydrogen-bond donors (Lipinski definition) is 2. The van der Waals surface area contributed by atoms with Crippen LogP contribution < -0.4 is 5.32 Å². The second-order valence-corrected chi connectivity index (χ2v) is 3.94. The van der Waals surface area contributed by atoms with Gasteiger partial charge in [0.2, 0.25) is 0 Å². The van der Waals surface area contributed by atoms with Gasteiger partial charge in [0.25, 0.3) is 5.91 Å². The molecule has 0 bridgehead atoms. The number of benzene rings is 1. The largest absolute Gasteiger partial charge is 0.480 e. The number of hydrogen-bond acceptors (Lipinski definition) is 2. The Morgan fingerprint density at radius 1 is 1.35 bits per heavy atom. The van der Waals surface area contributed by atoms with Crippen LogP contribution in [0, 0.1) is 5.82 Å². The van der Waals surface area contributed by atoms with Gasteiger partial charge in [0.1, 0.15) is 11.9 Å². The van der Waals surface area contributed by atoms with E-state index in [0.717, 1.165) is 12.1 Å². The molecule has 1 amide bonds. The van der Waals surface area contributed by atoms with E-state index < -0.39 is 41.0 Å². The summed E-state index contributed by atoms with van der Waals surface area (Å²) in [6.45, 7) is 1.46. The SMILES string of the molecule is CCC(NC(=O)c1cccc(C(F)(F)F)c1F)C(=O)O. The van der Waals surface area contributed by atoms with Crippen molar-refractivity contribution in [1.29, 1.82) is 0 Å². The highest BCUT2D eigenvalue weighted by atomic mass is 19.4. The summed E-state index contributed by atoms with van der Waals surface area (Å²) < 4.78 is 51.1. The quantitative estimate of drug-likeness (QED) is 0.838. The minimum absolute atomic E-state index is 0.0155. The first-order chi connectivity index (χ1) is 9.18. The second kappa shape index (κ2) is 5.89. The molecule has 0 aliphatic rings. The zero-order valence-electron chi connectivity index (χ0n) is 10.3. The molecule has 0 aliphatic carbocycles. The van der Waals surface area contributed by atoms with Crippen molar-refractivity contribution >= 4 is 11.9 Å². The molecule has 1 aromatic carbocycles. The Morgan fingerprint density at radius 3 is 2.40 bits per heavy atom. The molecule has 8 heteroatoms. The van der Waals surface area contributed by atoms with Crippen LogP contribution in [0.5, 0.6) is 0 Å². The Labute approximate surface area is 111 Å². The van der Waals surface area contributed by atoms with Gasteiger partial charge < -0.3 is 10.4 Å². The lowest BCUT2D eigenvalue weighted by molar-refractivity contribution is -0.140. The second-order valence-electron chi connectivity index (χ2n) is 3.94. The highest BCUT2D eigenvalue weighted by Crippen LogP contribution is 2.32. The average molecular weight is 293 g/mol. The molecule has 0 spiro atoms. The summed E-state index contributed by atoms with van der Waals surface area (Å²) in [6.07, 6.45) is -4.92. The molecule has 0 saturated carbocycles. The van der Waals surface area contributed by atoms with Gasteiger partial charge in [0.05, 0.1) is 11.1 Å². The summed E-state index contributed by atoms with van der Waals surface area (Å²) in [5, 5.41) is 10.7. The van der Waals surface area contributed by atoms with Gasteiger partial charge in [-0.05, 0) is 18.6 Å². The third-order valence-electron chi connectivity index (χ3n) is 2.56. The number of rotatable bonds is 4. The van der Waals surface area contributed by atoms with Gasteiger partial charge in [-0.3, -0.25) is 4.79 Å². The number of amides is 1. The average Bonchev–Trinajstić information content (AvgIpc) is 2.34. The first-order valence-corrected chi connectivity index (χ1v) is 5.57. The normalized spacial score (nSPS) is 12.8. The van der Waals surface area contributed by atoms with E-state index in [0.29, 0.717) is 6.07 Å². The van der Waals surface area contributed by atoms with Crippen molar-refractivity contribution in [3.63, 3.8) is 0 Å². The third-order valence-corrected chi connectivity index (χ3v) is 2.56. The van der Waals surface area contributed by atoms with E-state index >= 15 is 0 Å². The summed E-state index contributed by atoms with van der Waals surface area (Å²) in [4.78, 5) is 22.4. The summed E-state index contributed by atoms with van der Waals surface area (Å²) in [5.74, 6) is -4.28. The van der Waals surface area contributed by atoms with Crippen molar-refractivity contribution in [3.8, 4) is 0 Å². The van der Waals surface area contributed by atoms with Crippen molar-refractivity contribution in [2.75, 3.05) is 0 Å². The Kier molecular flexibility index (Phi) is 4.69. The fraction of sp³-hybridized carbons (Fsp3) is 0.333. The lowest BCUT2D eigenvalue weighted by Gasteiger charge is -2.14. The highest BCUT2D eigenvalue weighted by Gasteiger charge is 2.36. The van der Waals surface area contributed by atoms with Crippen molar-refractivity contribution < 1.29 is 32.3 Å². The molecule has 1 unspecified atom stereocenters. The fourth-order valence-corrected chi connectivity index (χ4v) is 1.50. The van der Waals surface area contributed by atoms with Crippen LogP contribution in [0.25, 0.3) is 0 Å². The lowest BCUT2D eigenvalue weighted by atomic mass is 10.1. The maximum Gasteiger partial charge on any atom is 0.419 e. The summed E-state index contributed by atoms with van der Waals surface area (Å²) in [7, 11) is 0. The molecule has 0 fully saturated rings. The molecule has 0 aliphatic heterocycles. The van der Waals surface area contributed by atoms with Gasteiger partial charge in [-0.2, -0.15) is 13.2 Å². The zero-order chi connectivity index (χ0) is 15.5. The first kappa shape index (κ1) is 15.9. The fourth-order valence-electron chi connectivity index (χ4n) is 1.50. The van der Waals surface area contributed by atoms with E-state index in [9.17, 15) is 27.2 Å². The van der Waals surface area contributed by atoms with Crippen LogP contribution in [0.1, 0.15) is 29.3 Å². The van der Waals surface area contributed by atoms with E-state index in [1.807, 2.05) is 5.32 Å². The summed E-state index contributed by atoms with van der Waals surface area (Å²) in [6, 6.07) is 0.939. The smallest absolute Gasteiger partial charge is 0.419 e. The number of aliphatic carboxylic acids is 1. The number of alkyl halides is 3. The van der Waals surface area contributed by atoms with Gasteiger partial charge in [0, 0.05) is 0 Å². The molecular formula is C12H11F4NO3. The van der Waals surface area contributed by atoms with Crippen LogP contribution in [0.2, 0.25) is 0 Å². The standard InChI is InChI=1S/C12H11F4NO3/c1-2-8(11(19)20)17-10(18)6-4-3-5-7(9(6)13)12(14,15)16/h3-5,8H,2H2,1H3,(H,17,18)(H,19,20). The topological polar surface area (TPSA) is 66.4 Å². The van der Waals surface area contributed by atoms with Crippen LogP contribution in [0.3, 0.4) is 0 Å². The van der Waals surface area contributed by atoms with Crippen molar-refractivity contribution in [3.05, 3.63) is 35.1 Å². The Balaban J connectivity index is 3.09. The van der Waals surface area contributed by atoms with E-state index in [1.54, 1.807) is 0 Å². The van der Waals surface area contributed by atoms with Crippen LogP contribution >= 0.6 is 0 Å². The minimum atomic E-state index is -4.93. The number of halogens is 4. The number of carbonyl (C=O) groups excluding carboxylic acids is 1. The molecule has 20 heavy (non-hydrogen) atoms. The summed E-state index contributed by atoms with van der Waals surface area (Å²) >= 11 is 0. The maximum absolute atomic E-state index is 13.6. The Hall–Kier alpha value is -2.12. The van der Waals surface area contributed by atoms with E-state index in [4.69, 9.17) is 5.11 Å². The number of carboxylic acids is 1. The molecule has 1 rings (SSSR count). The highest BCUT2D eigenvalue weighted by molar-refractivity contribution is 5.97.